The highest BCUT2D eigenvalue weighted by Crippen LogP contribution is 2.40. The third-order valence-corrected chi connectivity index (χ3v) is 5.04. The van der Waals surface area contributed by atoms with Gasteiger partial charge in [0.15, 0.2) is 0 Å². The second kappa shape index (κ2) is 7.82. The normalized spacial score (nSPS) is 17.2. The first kappa shape index (κ1) is 16.3. The monoisotopic (exact) mass is 284 g/mol. The molecule has 0 radical (unpaired) electrons. The average Bonchev–Trinajstić information content (AvgIpc) is 2.81. The lowest BCUT2D eigenvalue weighted by Crippen LogP contribution is -2.00. The van der Waals surface area contributed by atoms with Gasteiger partial charge in [-0.2, -0.15) is 0 Å². The molecule has 0 fully saturated rings. The summed E-state index contributed by atoms with van der Waals surface area (Å²) < 4.78 is 0. The van der Waals surface area contributed by atoms with E-state index in [9.17, 15) is 0 Å². The Labute approximate surface area is 131 Å². The van der Waals surface area contributed by atoms with Crippen LogP contribution in [0.25, 0.3) is 6.08 Å². The van der Waals surface area contributed by atoms with Crippen LogP contribution in [-0.2, 0) is 0 Å². The highest BCUT2D eigenvalue weighted by Gasteiger charge is 2.22. The molecule has 1 atom stereocenters. The van der Waals surface area contributed by atoms with Gasteiger partial charge in [0.25, 0.3) is 0 Å². The molecular formula is C21H32. The van der Waals surface area contributed by atoms with E-state index in [0.29, 0.717) is 5.92 Å². The van der Waals surface area contributed by atoms with E-state index < -0.39 is 0 Å². The number of allylic oxidation sites excluding steroid dienone is 1. The molecule has 0 saturated heterocycles. The number of rotatable bonds is 8. The quantitative estimate of drug-likeness (QED) is 0.479. The van der Waals surface area contributed by atoms with Gasteiger partial charge in [-0.05, 0) is 48.3 Å². The molecule has 0 nitrogen and oxygen atoms in total. The minimum Gasteiger partial charge on any atom is -0.0654 e. The standard InChI is InChI=1S/C21H32/c1-5-8-11-18-14-20-15-19(12-13-21(20)16(18)4)17(9-6-2)10-7-3/h12-17H,5-11H2,1-4H3. The van der Waals surface area contributed by atoms with Gasteiger partial charge < -0.3 is 0 Å². The second-order valence-corrected chi connectivity index (χ2v) is 6.71. The van der Waals surface area contributed by atoms with E-state index in [-0.39, 0.29) is 0 Å². The predicted octanol–water partition coefficient (Wildman–Crippen LogP) is 7.06. The number of fused-ring (bicyclic) bond motifs is 1. The third-order valence-electron chi connectivity index (χ3n) is 5.04. The van der Waals surface area contributed by atoms with E-state index in [4.69, 9.17) is 0 Å². The van der Waals surface area contributed by atoms with Gasteiger partial charge in [0, 0.05) is 5.92 Å². The zero-order chi connectivity index (χ0) is 15.2. The number of hydrogen-bond donors (Lipinski definition) is 0. The molecule has 1 unspecified atom stereocenters. The molecule has 1 aliphatic carbocycles. The minimum absolute atomic E-state index is 0.636. The van der Waals surface area contributed by atoms with Crippen molar-refractivity contribution in [2.45, 2.75) is 84.5 Å². The minimum atomic E-state index is 0.636. The maximum absolute atomic E-state index is 2.49. The lowest BCUT2D eigenvalue weighted by molar-refractivity contribution is 0.560. The summed E-state index contributed by atoms with van der Waals surface area (Å²) in [5, 5.41) is 0. The van der Waals surface area contributed by atoms with Crippen molar-refractivity contribution in [2.75, 3.05) is 0 Å². The molecule has 0 bridgehead atoms. The SMILES string of the molecule is CCCCC1=Cc2cc(C(CCC)CCC)ccc2C1C. The average molecular weight is 284 g/mol. The van der Waals surface area contributed by atoms with Crippen LogP contribution in [0.3, 0.4) is 0 Å². The lowest BCUT2D eigenvalue weighted by Gasteiger charge is -2.17. The lowest BCUT2D eigenvalue weighted by atomic mass is 9.87. The topological polar surface area (TPSA) is 0 Å². The van der Waals surface area contributed by atoms with Crippen molar-refractivity contribution < 1.29 is 0 Å². The highest BCUT2D eigenvalue weighted by molar-refractivity contribution is 5.67. The van der Waals surface area contributed by atoms with Crippen LogP contribution in [0.2, 0.25) is 0 Å². The summed E-state index contributed by atoms with van der Waals surface area (Å²) in [6, 6.07) is 7.30. The summed E-state index contributed by atoms with van der Waals surface area (Å²) in [7, 11) is 0. The maximum Gasteiger partial charge on any atom is 0.00290 e. The Morgan fingerprint density at radius 1 is 1.00 bits per heavy atom. The first-order valence-corrected chi connectivity index (χ1v) is 9.05. The highest BCUT2D eigenvalue weighted by atomic mass is 14.3. The maximum atomic E-state index is 2.49. The fourth-order valence-electron chi connectivity index (χ4n) is 3.74. The first-order valence-electron chi connectivity index (χ1n) is 9.05. The zero-order valence-electron chi connectivity index (χ0n) is 14.4. The van der Waals surface area contributed by atoms with E-state index in [1.165, 1.54) is 50.5 Å². The van der Waals surface area contributed by atoms with Crippen molar-refractivity contribution in [2.24, 2.45) is 0 Å². The molecule has 1 aromatic carbocycles. The number of hydrogen-bond acceptors (Lipinski definition) is 0. The van der Waals surface area contributed by atoms with Gasteiger partial charge in [0.05, 0.1) is 0 Å². The largest absolute Gasteiger partial charge is 0.0654 e. The van der Waals surface area contributed by atoms with Crippen LogP contribution in [0.15, 0.2) is 23.8 Å². The van der Waals surface area contributed by atoms with Gasteiger partial charge in [-0.15, -0.1) is 0 Å². The van der Waals surface area contributed by atoms with Crippen LogP contribution in [0.4, 0.5) is 0 Å². The molecule has 0 heterocycles. The molecule has 0 aromatic heterocycles. The first-order chi connectivity index (χ1) is 10.2. The van der Waals surface area contributed by atoms with E-state index in [1.54, 1.807) is 16.7 Å². The van der Waals surface area contributed by atoms with Gasteiger partial charge in [-0.1, -0.05) is 76.8 Å². The second-order valence-electron chi connectivity index (χ2n) is 6.71. The van der Waals surface area contributed by atoms with Crippen LogP contribution in [-0.4, -0.2) is 0 Å². The molecule has 21 heavy (non-hydrogen) atoms. The molecule has 116 valence electrons. The molecule has 0 N–H and O–H groups in total. The van der Waals surface area contributed by atoms with E-state index in [2.05, 4.69) is 52.0 Å². The number of unbranched alkanes of at least 4 members (excludes halogenated alkanes) is 1. The van der Waals surface area contributed by atoms with E-state index in [1.807, 2.05) is 0 Å². The summed E-state index contributed by atoms with van der Waals surface area (Å²) in [5.41, 5.74) is 6.27. The Kier molecular flexibility index (Phi) is 6.08. The van der Waals surface area contributed by atoms with Crippen LogP contribution >= 0.6 is 0 Å². The summed E-state index contributed by atoms with van der Waals surface area (Å²) in [5.74, 6) is 1.39. The molecule has 0 saturated carbocycles. The fraction of sp³-hybridized carbons (Fsp3) is 0.619. The van der Waals surface area contributed by atoms with Crippen LogP contribution < -0.4 is 0 Å². The van der Waals surface area contributed by atoms with Crippen molar-refractivity contribution in [1.82, 2.24) is 0 Å². The smallest absolute Gasteiger partial charge is 0.00290 e. The van der Waals surface area contributed by atoms with Gasteiger partial charge in [0.1, 0.15) is 0 Å². The number of benzene rings is 1. The Hall–Kier alpha value is -1.04. The Morgan fingerprint density at radius 3 is 2.33 bits per heavy atom. The fourth-order valence-corrected chi connectivity index (χ4v) is 3.74. The molecule has 0 spiro atoms. The Bertz CT molecular complexity index is 475. The van der Waals surface area contributed by atoms with Crippen LogP contribution in [0.1, 0.15) is 101 Å². The zero-order valence-corrected chi connectivity index (χ0v) is 14.4. The van der Waals surface area contributed by atoms with Crippen molar-refractivity contribution in [3.8, 4) is 0 Å². The summed E-state index contributed by atoms with van der Waals surface area (Å²) in [4.78, 5) is 0. The predicted molar refractivity (Wildman–Crippen MR) is 94.9 cm³/mol. The molecule has 0 amide bonds. The Morgan fingerprint density at radius 2 is 1.71 bits per heavy atom. The Balaban J connectivity index is 2.21. The van der Waals surface area contributed by atoms with Crippen LogP contribution in [0, 0.1) is 0 Å². The molecule has 1 aromatic rings. The molecule has 0 aliphatic heterocycles. The van der Waals surface area contributed by atoms with Crippen molar-refractivity contribution in [3.63, 3.8) is 0 Å². The summed E-state index contributed by atoms with van der Waals surface area (Å²) >= 11 is 0. The van der Waals surface area contributed by atoms with E-state index >= 15 is 0 Å². The van der Waals surface area contributed by atoms with E-state index in [0.717, 1.165) is 5.92 Å². The summed E-state index contributed by atoms with van der Waals surface area (Å²) in [6.07, 6.45) is 11.6. The van der Waals surface area contributed by atoms with Gasteiger partial charge in [0.2, 0.25) is 0 Å². The van der Waals surface area contributed by atoms with Gasteiger partial charge in [-0.25, -0.2) is 0 Å². The molecular weight excluding hydrogens is 252 g/mol. The van der Waals surface area contributed by atoms with Gasteiger partial charge in [-0.3, -0.25) is 0 Å². The summed E-state index contributed by atoms with van der Waals surface area (Å²) in [6.45, 7) is 9.27. The van der Waals surface area contributed by atoms with Crippen molar-refractivity contribution in [1.29, 1.82) is 0 Å². The molecule has 2 rings (SSSR count). The van der Waals surface area contributed by atoms with Crippen molar-refractivity contribution in [3.05, 3.63) is 40.5 Å². The van der Waals surface area contributed by atoms with Crippen LogP contribution in [0.5, 0.6) is 0 Å². The molecule has 0 heteroatoms. The third kappa shape index (κ3) is 3.78. The van der Waals surface area contributed by atoms with Gasteiger partial charge >= 0.3 is 0 Å². The molecule has 1 aliphatic rings. The van der Waals surface area contributed by atoms with Crippen molar-refractivity contribution >= 4 is 6.08 Å².